The smallest absolute Gasteiger partial charge is 0.264 e. The summed E-state index contributed by atoms with van der Waals surface area (Å²) < 4.78 is 43.3. The third kappa shape index (κ3) is 8.79. The second-order valence-corrected chi connectivity index (χ2v) is 14.1. The molecule has 0 aliphatic heterocycles. The summed E-state index contributed by atoms with van der Waals surface area (Å²) in [5.41, 5.74) is 2.68. The Bertz CT molecular complexity index is 1720. The van der Waals surface area contributed by atoms with Crippen LogP contribution in [-0.2, 0) is 32.6 Å². The molecule has 236 valence electrons. The number of anilines is 1. The standard InChI is InChI=1S/C36H40FN3O4S/c1-26-16-17-27(2)32(22-26)40(45(43,44)31-14-10-7-11-15-31)25-34(41)39(24-29-18-20-30(37)21-19-29)33(35(42)38-36(3,4)5)23-28-12-8-6-9-13-28/h6-22,33H,23-25H2,1-5H3,(H,38,42)/t33-/m0/s1. The van der Waals surface area contributed by atoms with E-state index in [4.69, 9.17) is 0 Å². The van der Waals surface area contributed by atoms with Crippen LogP contribution in [0.5, 0.6) is 0 Å². The SMILES string of the molecule is Cc1ccc(C)c(N(CC(=O)N(Cc2ccc(F)cc2)[C@@H](Cc2ccccc2)C(=O)NC(C)(C)C)S(=O)(=O)c2ccccc2)c1. The van der Waals surface area contributed by atoms with Crippen LogP contribution in [0.25, 0.3) is 0 Å². The number of benzene rings is 4. The molecule has 4 rings (SSSR count). The number of rotatable bonds is 11. The molecule has 1 N–H and O–H groups in total. The summed E-state index contributed by atoms with van der Waals surface area (Å²) in [7, 11) is -4.20. The van der Waals surface area contributed by atoms with Crippen molar-refractivity contribution in [3.63, 3.8) is 0 Å². The number of hydrogen-bond donors (Lipinski definition) is 1. The molecule has 4 aromatic rings. The molecule has 0 bridgehead atoms. The van der Waals surface area contributed by atoms with Gasteiger partial charge in [-0.3, -0.25) is 13.9 Å². The number of halogens is 1. The second kappa shape index (κ2) is 14.1. The first-order chi connectivity index (χ1) is 21.2. The van der Waals surface area contributed by atoms with Gasteiger partial charge in [0.05, 0.1) is 10.6 Å². The Morgan fingerprint density at radius 2 is 1.42 bits per heavy atom. The number of aryl methyl sites for hydroxylation is 2. The number of nitrogens with one attached hydrogen (secondary N) is 1. The molecule has 0 aliphatic rings. The van der Waals surface area contributed by atoms with Crippen molar-refractivity contribution < 1.29 is 22.4 Å². The van der Waals surface area contributed by atoms with Crippen LogP contribution in [0.4, 0.5) is 10.1 Å². The average molecular weight is 630 g/mol. The predicted octanol–water partition coefficient (Wildman–Crippen LogP) is 6.19. The molecular formula is C36H40FN3O4S. The summed E-state index contributed by atoms with van der Waals surface area (Å²) in [6.45, 7) is 8.60. The van der Waals surface area contributed by atoms with E-state index in [-0.39, 0.29) is 23.8 Å². The highest BCUT2D eigenvalue weighted by atomic mass is 32.2. The summed E-state index contributed by atoms with van der Waals surface area (Å²) in [4.78, 5) is 29.9. The van der Waals surface area contributed by atoms with Crippen LogP contribution in [0, 0.1) is 19.7 Å². The fraction of sp³-hybridized carbons (Fsp3) is 0.278. The lowest BCUT2D eigenvalue weighted by Crippen LogP contribution is -2.56. The molecule has 0 saturated heterocycles. The Morgan fingerprint density at radius 3 is 2.02 bits per heavy atom. The first kappa shape index (κ1) is 33.4. The maximum atomic E-state index is 14.5. The molecule has 1 atom stereocenters. The molecule has 0 heterocycles. The molecule has 2 amide bonds. The molecule has 0 aromatic heterocycles. The monoisotopic (exact) mass is 629 g/mol. The molecule has 7 nitrogen and oxygen atoms in total. The van der Waals surface area contributed by atoms with E-state index in [1.165, 1.54) is 29.2 Å². The van der Waals surface area contributed by atoms with Crippen molar-refractivity contribution in [2.45, 2.75) is 64.1 Å². The van der Waals surface area contributed by atoms with Crippen molar-refractivity contribution >= 4 is 27.5 Å². The average Bonchev–Trinajstić information content (AvgIpc) is 3.00. The normalized spacial score (nSPS) is 12.3. The number of nitrogens with zero attached hydrogens (tertiary/aromatic N) is 2. The van der Waals surface area contributed by atoms with Gasteiger partial charge in [0.25, 0.3) is 10.0 Å². The van der Waals surface area contributed by atoms with Crippen LogP contribution < -0.4 is 9.62 Å². The van der Waals surface area contributed by atoms with E-state index >= 15 is 0 Å². The molecule has 0 spiro atoms. The Balaban J connectivity index is 1.84. The molecule has 0 radical (unpaired) electrons. The van der Waals surface area contributed by atoms with Crippen molar-refractivity contribution in [2.24, 2.45) is 0 Å². The van der Waals surface area contributed by atoms with E-state index in [9.17, 15) is 22.4 Å². The topological polar surface area (TPSA) is 86.8 Å². The quantitative estimate of drug-likeness (QED) is 0.214. The minimum atomic E-state index is -4.20. The lowest BCUT2D eigenvalue weighted by atomic mass is 10.0. The van der Waals surface area contributed by atoms with Gasteiger partial charge in [0.15, 0.2) is 0 Å². The van der Waals surface area contributed by atoms with E-state index in [1.54, 1.807) is 43.3 Å². The molecule has 9 heteroatoms. The zero-order valence-electron chi connectivity index (χ0n) is 26.3. The third-order valence-electron chi connectivity index (χ3n) is 7.28. The van der Waals surface area contributed by atoms with Crippen LogP contribution in [0.1, 0.15) is 43.0 Å². The maximum Gasteiger partial charge on any atom is 0.264 e. The van der Waals surface area contributed by atoms with Crippen molar-refractivity contribution in [3.05, 3.63) is 131 Å². The summed E-state index contributed by atoms with van der Waals surface area (Å²) in [6.07, 6.45) is 0.185. The highest BCUT2D eigenvalue weighted by Gasteiger charge is 2.36. The summed E-state index contributed by atoms with van der Waals surface area (Å²) >= 11 is 0. The minimum Gasteiger partial charge on any atom is -0.350 e. The first-order valence-corrected chi connectivity index (χ1v) is 16.2. The van der Waals surface area contributed by atoms with Gasteiger partial charge in [-0.25, -0.2) is 12.8 Å². The van der Waals surface area contributed by atoms with Crippen LogP contribution in [0.15, 0.2) is 108 Å². The van der Waals surface area contributed by atoms with Crippen LogP contribution in [-0.4, -0.2) is 43.3 Å². The van der Waals surface area contributed by atoms with E-state index < -0.39 is 39.9 Å². The summed E-state index contributed by atoms with van der Waals surface area (Å²) in [5.74, 6) is -1.39. The van der Waals surface area contributed by atoms with Gasteiger partial charge in [-0.2, -0.15) is 0 Å². The second-order valence-electron chi connectivity index (χ2n) is 12.2. The van der Waals surface area contributed by atoms with Gasteiger partial charge in [0.2, 0.25) is 11.8 Å². The minimum absolute atomic E-state index is 0.0371. The fourth-order valence-electron chi connectivity index (χ4n) is 5.01. The number of sulfonamides is 1. The third-order valence-corrected chi connectivity index (χ3v) is 9.05. The molecule has 0 aliphatic carbocycles. The van der Waals surface area contributed by atoms with E-state index in [0.29, 0.717) is 16.8 Å². The van der Waals surface area contributed by atoms with Crippen molar-refractivity contribution in [1.82, 2.24) is 10.2 Å². The summed E-state index contributed by atoms with van der Waals surface area (Å²) in [6, 6.07) is 27.4. The number of amides is 2. The van der Waals surface area contributed by atoms with Gasteiger partial charge in [-0.1, -0.05) is 72.8 Å². The number of carbonyl (C=O) groups is 2. The molecule has 0 fully saturated rings. The number of hydrogen-bond acceptors (Lipinski definition) is 4. The Morgan fingerprint density at radius 1 is 0.822 bits per heavy atom. The van der Waals surface area contributed by atoms with Gasteiger partial charge >= 0.3 is 0 Å². The van der Waals surface area contributed by atoms with Crippen molar-refractivity contribution in [3.8, 4) is 0 Å². The number of carbonyl (C=O) groups excluding carboxylic acids is 2. The van der Waals surface area contributed by atoms with Gasteiger partial charge < -0.3 is 10.2 Å². The Hall–Kier alpha value is -4.50. The largest absolute Gasteiger partial charge is 0.350 e. The Labute approximate surface area is 265 Å². The lowest BCUT2D eigenvalue weighted by molar-refractivity contribution is -0.140. The Kier molecular flexibility index (Phi) is 10.4. The zero-order valence-corrected chi connectivity index (χ0v) is 27.1. The van der Waals surface area contributed by atoms with Crippen molar-refractivity contribution in [2.75, 3.05) is 10.8 Å². The van der Waals surface area contributed by atoms with Crippen LogP contribution in [0.3, 0.4) is 0 Å². The summed E-state index contributed by atoms with van der Waals surface area (Å²) in [5, 5.41) is 3.00. The van der Waals surface area contributed by atoms with Crippen LogP contribution in [0.2, 0.25) is 0 Å². The van der Waals surface area contributed by atoms with Crippen LogP contribution >= 0.6 is 0 Å². The van der Waals surface area contributed by atoms with Gasteiger partial charge in [0.1, 0.15) is 18.4 Å². The first-order valence-electron chi connectivity index (χ1n) is 14.8. The molecule has 4 aromatic carbocycles. The van der Waals surface area contributed by atoms with E-state index in [0.717, 1.165) is 15.4 Å². The molecule has 45 heavy (non-hydrogen) atoms. The zero-order chi connectivity index (χ0) is 32.8. The van der Waals surface area contributed by atoms with Gasteiger partial charge in [-0.15, -0.1) is 0 Å². The van der Waals surface area contributed by atoms with Gasteiger partial charge in [-0.05, 0) is 87.2 Å². The molecule has 0 unspecified atom stereocenters. The van der Waals surface area contributed by atoms with E-state index in [2.05, 4.69) is 5.32 Å². The molecule has 0 saturated carbocycles. The van der Waals surface area contributed by atoms with Crippen molar-refractivity contribution in [1.29, 1.82) is 0 Å². The highest BCUT2D eigenvalue weighted by Crippen LogP contribution is 2.29. The lowest BCUT2D eigenvalue weighted by Gasteiger charge is -2.35. The van der Waals surface area contributed by atoms with Gasteiger partial charge in [0, 0.05) is 18.5 Å². The highest BCUT2D eigenvalue weighted by molar-refractivity contribution is 7.92. The molecular weight excluding hydrogens is 589 g/mol. The maximum absolute atomic E-state index is 14.5. The fourth-order valence-corrected chi connectivity index (χ4v) is 6.51. The van der Waals surface area contributed by atoms with E-state index in [1.807, 2.05) is 70.2 Å². The predicted molar refractivity (Wildman–Crippen MR) is 176 cm³/mol.